The molecule has 0 N–H and O–H groups in total. The van der Waals surface area contributed by atoms with Crippen molar-refractivity contribution in [3.05, 3.63) is 279 Å². The molecule has 0 bridgehead atoms. The van der Waals surface area contributed by atoms with E-state index in [2.05, 4.69) is 125 Å². The molecule has 80 heavy (non-hydrogen) atoms. The number of hydrogen-bond acceptors (Lipinski definition) is 10. The smallest absolute Gasteiger partial charge is 0.238 e. The number of para-hydroxylation sites is 4. The third kappa shape index (κ3) is 9.08. The van der Waals surface area contributed by atoms with Crippen LogP contribution in [0.5, 0.6) is 0 Å². The molecule has 4 heterocycles. The minimum Gasteiger partial charge on any atom is -0.306 e. The third-order valence-electron chi connectivity index (χ3n) is 14.1. The maximum absolute atomic E-state index is 5.46. The second-order valence-electron chi connectivity index (χ2n) is 19.2. The maximum Gasteiger partial charge on any atom is 0.238 e. The van der Waals surface area contributed by atoms with Crippen LogP contribution in [0.2, 0.25) is 0 Å². The minimum atomic E-state index is 0.475. The Bertz CT molecular complexity index is 4120. The molecule has 1 aliphatic rings. The lowest BCUT2D eigenvalue weighted by atomic mass is 9.91. The first kappa shape index (κ1) is 47.4. The van der Waals surface area contributed by atoms with E-state index in [0.29, 0.717) is 40.9 Å². The molecule has 10 nitrogen and oxygen atoms in total. The number of fused-ring (bicyclic) bond motifs is 2. The Hall–Kier alpha value is -11.1. The first-order chi connectivity index (χ1) is 39.7. The monoisotopic (exact) mass is 1030 g/mol. The molecule has 0 aliphatic carbocycles. The van der Waals surface area contributed by atoms with E-state index in [1.807, 2.05) is 164 Å². The van der Waals surface area contributed by atoms with Crippen molar-refractivity contribution in [2.75, 3.05) is 9.80 Å². The van der Waals surface area contributed by atoms with Gasteiger partial charge >= 0.3 is 0 Å². The van der Waals surface area contributed by atoms with Gasteiger partial charge in [0, 0.05) is 44.5 Å². The Morgan fingerprint density at radius 1 is 0.188 bits per heavy atom. The Balaban J connectivity index is 1.07. The molecular weight excluding hydrogens is 981 g/mol. The molecule has 14 rings (SSSR count). The maximum atomic E-state index is 5.46. The topological polar surface area (TPSA) is 110 Å². The lowest BCUT2D eigenvalue weighted by Crippen LogP contribution is -2.26. The van der Waals surface area contributed by atoms with E-state index in [-0.39, 0.29) is 0 Å². The van der Waals surface area contributed by atoms with Crippen LogP contribution in [0.25, 0.3) is 102 Å². The highest BCUT2D eigenvalue weighted by molar-refractivity contribution is 6.05. The Labute approximate surface area is 462 Å². The lowest BCUT2D eigenvalue weighted by Gasteiger charge is -2.40. The van der Waals surface area contributed by atoms with Crippen LogP contribution in [-0.4, -0.2) is 39.9 Å². The van der Waals surface area contributed by atoms with Gasteiger partial charge in [-0.3, -0.25) is 4.90 Å². The summed E-state index contributed by atoms with van der Waals surface area (Å²) in [6.45, 7) is 0. The van der Waals surface area contributed by atoms with Crippen molar-refractivity contribution in [1.29, 1.82) is 0 Å². The number of anilines is 6. The molecule has 10 heteroatoms. The van der Waals surface area contributed by atoms with E-state index in [1.165, 1.54) is 0 Å². The van der Waals surface area contributed by atoms with Crippen LogP contribution in [0.1, 0.15) is 0 Å². The molecule has 0 saturated heterocycles. The first-order valence-corrected chi connectivity index (χ1v) is 26.4. The fourth-order valence-corrected chi connectivity index (χ4v) is 10.3. The molecule has 0 atom stereocenters. The zero-order valence-electron chi connectivity index (χ0n) is 43.0. The largest absolute Gasteiger partial charge is 0.306 e. The van der Waals surface area contributed by atoms with Crippen molar-refractivity contribution in [2.45, 2.75) is 0 Å². The second-order valence-corrected chi connectivity index (χ2v) is 19.2. The summed E-state index contributed by atoms with van der Waals surface area (Å²) < 4.78 is 0. The Morgan fingerprint density at radius 2 is 0.500 bits per heavy atom. The zero-order valence-corrected chi connectivity index (χ0v) is 43.0. The van der Waals surface area contributed by atoms with Gasteiger partial charge in [-0.25, -0.2) is 29.9 Å². The van der Waals surface area contributed by atoms with E-state index < -0.39 is 0 Å². The fraction of sp³-hybridized carbons (Fsp3) is 0. The minimum absolute atomic E-state index is 0.475. The predicted octanol–water partition coefficient (Wildman–Crippen LogP) is 17.1. The molecule has 13 aromatic rings. The molecule has 0 unspecified atom stereocenters. The van der Waals surface area contributed by atoms with E-state index in [9.17, 15) is 0 Å². The summed E-state index contributed by atoms with van der Waals surface area (Å²) in [6.07, 6.45) is 0. The number of aromatic nitrogens is 8. The molecule has 0 amide bonds. The highest BCUT2D eigenvalue weighted by Gasteiger charge is 2.35. The molecule has 0 spiro atoms. The van der Waals surface area contributed by atoms with Crippen LogP contribution in [0, 0.1) is 0 Å². The van der Waals surface area contributed by atoms with Gasteiger partial charge in [-0.05, 0) is 53.6 Å². The van der Waals surface area contributed by atoms with Crippen molar-refractivity contribution in [3.63, 3.8) is 0 Å². The number of nitrogens with zero attached hydrogens (tertiary/aromatic N) is 10. The normalized spacial score (nSPS) is 11.7. The van der Waals surface area contributed by atoms with E-state index in [0.717, 1.165) is 95.5 Å². The fourth-order valence-electron chi connectivity index (χ4n) is 10.3. The molecular formula is C70H46N10. The summed E-state index contributed by atoms with van der Waals surface area (Å²) in [4.78, 5) is 46.9. The van der Waals surface area contributed by atoms with Crippen LogP contribution < -0.4 is 9.80 Å². The van der Waals surface area contributed by atoms with Crippen molar-refractivity contribution in [3.8, 4) is 102 Å². The summed E-state index contributed by atoms with van der Waals surface area (Å²) in [7, 11) is 0. The van der Waals surface area contributed by atoms with Crippen LogP contribution >= 0.6 is 0 Å². The van der Waals surface area contributed by atoms with Crippen LogP contribution in [0.4, 0.5) is 34.4 Å². The van der Waals surface area contributed by atoms with Crippen molar-refractivity contribution in [1.82, 2.24) is 39.9 Å². The van der Waals surface area contributed by atoms with E-state index in [1.54, 1.807) is 0 Å². The van der Waals surface area contributed by atoms with Gasteiger partial charge in [0.1, 0.15) is 0 Å². The molecule has 0 radical (unpaired) electrons. The SMILES string of the molecule is c1ccc(-c2cc(-c3cc(-c4nc(-c5ccccc5)nc(-c5ccccc5)n4)c(N4c5ccccc5N(c5nc(-c6ccccc6)nc(-c6ccccc6)n5)c5ccccc54)cc3-c3ccccc3)nc(-c3ccccc3)n2)cc1. The van der Waals surface area contributed by atoms with E-state index in [4.69, 9.17) is 39.9 Å². The molecule has 10 aromatic carbocycles. The first-order valence-electron chi connectivity index (χ1n) is 26.4. The van der Waals surface area contributed by atoms with Crippen LogP contribution in [0.15, 0.2) is 279 Å². The Morgan fingerprint density at radius 3 is 0.912 bits per heavy atom. The van der Waals surface area contributed by atoms with Crippen LogP contribution in [-0.2, 0) is 0 Å². The highest BCUT2D eigenvalue weighted by Crippen LogP contribution is 2.56. The molecule has 1 aliphatic heterocycles. The summed E-state index contributed by atoms with van der Waals surface area (Å²) in [6, 6.07) is 94.6. The summed E-state index contributed by atoms with van der Waals surface area (Å²) in [5.74, 6) is 3.76. The predicted molar refractivity (Wildman–Crippen MR) is 321 cm³/mol. The van der Waals surface area contributed by atoms with Gasteiger partial charge in [0.25, 0.3) is 0 Å². The second kappa shape index (κ2) is 20.8. The number of hydrogen-bond donors (Lipinski definition) is 0. The van der Waals surface area contributed by atoms with Gasteiger partial charge in [0.2, 0.25) is 5.95 Å². The van der Waals surface area contributed by atoms with Gasteiger partial charge in [-0.2, -0.15) is 9.97 Å². The molecule has 3 aromatic heterocycles. The summed E-state index contributed by atoms with van der Waals surface area (Å²) in [5.41, 5.74) is 14.7. The van der Waals surface area contributed by atoms with Crippen molar-refractivity contribution >= 4 is 34.4 Å². The Kier molecular flexibility index (Phi) is 12.3. The number of rotatable bonds is 11. The average molecular weight is 1030 g/mol. The van der Waals surface area contributed by atoms with Gasteiger partial charge in [0.15, 0.2) is 34.9 Å². The molecule has 0 fully saturated rings. The van der Waals surface area contributed by atoms with Crippen molar-refractivity contribution < 1.29 is 0 Å². The third-order valence-corrected chi connectivity index (χ3v) is 14.1. The quantitative estimate of drug-likeness (QED) is 0.124. The zero-order chi connectivity index (χ0) is 53.2. The van der Waals surface area contributed by atoms with Gasteiger partial charge in [-0.15, -0.1) is 0 Å². The van der Waals surface area contributed by atoms with Gasteiger partial charge in [0.05, 0.1) is 39.8 Å². The lowest BCUT2D eigenvalue weighted by molar-refractivity contribution is 1.01. The van der Waals surface area contributed by atoms with Gasteiger partial charge in [-0.1, -0.05) is 237 Å². The average Bonchev–Trinajstić information content (AvgIpc) is 3.69. The molecule has 376 valence electrons. The standard InChI is InChI=1S/C70H46N10/c1-8-26-47(27-9-1)54-45-63(79-59-40-22-24-42-61(59)80(62-43-25-23-41-60(62)79)70-77-67(52-36-18-6-19-37-52)74-68(78-70)53-38-20-7-21-39-53)56(69-75-65(50-32-14-4-15-33-50)73-66(76-69)51-34-16-5-17-35-51)44-55(54)58-46-57(48-28-10-2-11-29-48)71-64(72-58)49-30-12-3-13-31-49/h1-46H. The summed E-state index contributed by atoms with van der Waals surface area (Å²) in [5, 5.41) is 0. The highest BCUT2D eigenvalue weighted by atomic mass is 15.3. The molecule has 0 saturated carbocycles. The van der Waals surface area contributed by atoms with Crippen LogP contribution in [0.3, 0.4) is 0 Å². The summed E-state index contributed by atoms with van der Waals surface area (Å²) >= 11 is 0. The van der Waals surface area contributed by atoms with Gasteiger partial charge < -0.3 is 4.90 Å². The number of benzene rings is 10. The van der Waals surface area contributed by atoms with E-state index >= 15 is 0 Å². The van der Waals surface area contributed by atoms with Crippen molar-refractivity contribution in [2.24, 2.45) is 0 Å².